The third kappa shape index (κ3) is 5.90. The molecule has 188 valence electrons. The third-order valence-corrected chi connectivity index (χ3v) is 5.75. The number of hydrogen-bond acceptors (Lipinski definition) is 5. The molecular formula is C27H18ClF3N2O4. The van der Waals surface area contributed by atoms with Gasteiger partial charge < -0.3 is 14.7 Å². The highest BCUT2D eigenvalue weighted by Gasteiger charge is 2.32. The maximum atomic E-state index is 13.1. The topological polar surface area (TPSA) is 79.7 Å². The molecule has 1 aromatic heterocycles. The number of ether oxygens (including phenoxy) is 1. The number of carboxylic acid groups (broad SMARTS) is 1. The van der Waals surface area contributed by atoms with Gasteiger partial charge in [0.1, 0.15) is 11.4 Å². The number of aromatic carboxylic acids is 1. The second kappa shape index (κ2) is 10.3. The largest absolute Gasteiger partial charge is 0.573 e. The molecular weight excluding hydrogens is 509 g/mol. The van der Waals surface area contributed by atoms with Gasteiger partial charge in [0, 0.05) is 28.9 Å². The van der Waals surface area contributed by atoms with Crippen LogP contribution >= 0.6 is 11.6 Å². The van der Waals surface area contributed by atoms with Crippen LogP contribution in [0.5, 0.6) is 5.75 Å². The summed E-state index contributed by atoms with van der Waals surface area (Å²) in [4.78, 5) is 31.1. The first-order valence-corrected chi connectivity index (χ1v) is 11.1. The molecule has 0 spiro atoms. The molecule has 37 heavy (non-hydrogen) atoms. The van der Waals surface area contributed by atoms with Crippen LogP contribution in [-0.4, -0.2) is 35.3 Å². The van der Waals surface area contributed by atoms with Crippen LogP contribution in [0.1, 0.15) is 26.4 Å². The van der Waals surface area contributed by atoms with E-state index >= 15 is 0 Å². The smallest absolute Gasteiger partial charge is 0.478 e. The zero-order valence-corrected chi connectivity index (χ0v) is 19.9. The predicted octanol–water partition coefficient (Wildman–Crippen LogP) is 7.00. The van der Waals surface area contributed by atoms with Gasteiger partial charge in [0.2, 0.25) is 5.78 Å². The summed E-state index contributed by atoms with van der Waals surface area (Å²) in [6.07, 6.45) is -3.46. The highest BCUT2D eigenvalue weighted by molar-refractivity contribution is 6.30. The quantitative estimate of drug-likeness (QED) is 0.261. The SMILES string of the molecule is CN(c1ccc(Cl)cc1)c1ccc(C(=O)c2ccc(-c3ccccc3OC(F)(F)F)c(C(=O)O)c2)nc1. The molecule has 1 N–H and O–H groups in total. The van der Waals surface area contributed by atoms with Crippen LogP contribution in [-0.2, 0) is 0 Å². The number of alkyl halides is 3. The van der Waals surface area contributed by atoms with E-state index in [1.165, 1.54) is 42.6 Å². The number of aromatic nitrogens is 1. The Morgan fingerprint density at radius 2 is 1.59 bits per heavy atom. The highest BCUT2D eigenvalue weighted by Crippen LogP contribution is 2.36. The van der Waals surface area contributed by atoms with Crippen LogP contribution in [0.2, 0.25) is 5.02 Å². The Labute approximate surface area is 214 Å². The number of pyridine rings is 1. The maximum absolute atomic E-state index is 13.1. The van der Waals surface area contributed by atoms with Crippen LogP contribution in [0.15, 0.2) is 85.1 Å². The molecule has 0 unspecified atom stereocenters. The molecule has 4 aromatic rings. The Hall–Kier alpha value is -4.37. The van der Waals surface area contributed by atoms with Gasteiger partial charge in [-0.15, -0.1) is 13.2 Å². The molecule has 0 aliphatic heterocycles. The number of anilines is 2. The van der Waals surface area contributed by atoms with Gasteiger partial charge in [-0.05, 0) is 54.1 Å². The Morgan fingerprint density at radius 3 is 2.22 bits per heavy atom. The second-order valence-electron chi connectivity index (χ2n) is 7.88. The summed E-state index contributed by atoms with van der Waals surface area (Å²) in [5, 5.41) is 10.3. The predicted molar refractivity (Wildman–Crippen MR) is 133 cm³/mol. The molecule has 0 aliphatic carbocycles. The Bertz CT molecular complexity index is 1460. The van der Waals surface area contributed by atoms with E-state index in [0.717, 1.165) is 17.8 Å². The molecule has 1 heterocycles. The summed E-state index contributed by atoms with van der Waals surface area (Å²) in [5.74, 6) is -2.52. The van der Waals surface area contributed by atoms with Crippen molar-refractivity contribution < 1.29 is 32.6 Å². The van der Waals surface area contributed by atoms with E-state index in [1.54, 1.807) is 18.2 Å². The summed E-state index contributed by atoms with van der Waals surface area (Å²) >= 11 is 5.93. The van der Waals surface area contributed by atoms with E-state index in [4.69, 9.17) is 11.6 Å². The minimum Gasteiger partial charge on any atom is -0.478 e. The lowest BCUT2D eigenvalue weighted by molar-refractivity contribution is -0.274. The monoisotopic (exact) mass is 526 g/mol. The van der Waals surface area contributed by atoms with E-state index in [9.17, 15) is 27.9 Å². The van der Waals surface area contributed by atoms with Gasteiger partial charge in [0.15, 0.2) is 0 Å². The molecule has 3 aromatic carbocycles. The van der Waals surface area contributed by atoms with Gasteiger partial charge in [-0.3, -0.25) is 9.78 Å². The van der Waals surface area contributed by atoms with E-state index in [0.29, 0.717) is 10.7 Å². The molecule has 0 radical (unpaired) electrons. The van der Waals surface area contributed by atoms with Crippen molar-refractivity contribution in [1.29, 1.82) is 0 Å². The Kier molecular flexibility index (Phi) is 7.17. The van der Waals surface area contributed by atoms with Gasteiger partial charge in [0.25, 0.3) is 0 Å². The van der Waals surface area contributed by atoms with Crippen molar-refractivity contribution in [2.24, 2.45) is 0 Å². The number of carbonyl (C=O) groups is 2. The van der Waals surface area contributed by atoms with Gasteiger partial charge in [-0.2, -0.15) is 0 Å². The Morgan fingerprint density at radius 1 is 0.919 bits per heavy atom. The van der Waals surface area contributed by atoms with Crippen molar-refractivity contribution in [3.05, 3.63) is 107 Å². The second-order valence-corrected chi connectivity index (χ2v) is 8.31. The van der Waals surface area contributed by atoms with Crippen molar-refractivity contribution in [3.63, 3.8) is 0 Å². The number of halogens is 4. The first-order valence-electron chi connectivity index (χ1n) is 10.8. The average Bonchev–Trinajstić information content (AvgIpc) is 2.87. The zero-order chi connectivity index (χ0) is 26.7. The molecule has 4 rings (SSSR count). The van der Waals surface area contributed by atoms with Gasteiger partial charge in [-0.25, -0.2) is 4.79 Å². The number of nitrogens with zero attached hydrogens (tertiary/aromatic N) is 2. The van der Waals surface area contributed by atoms with E-state index in [1.807, 2.05) is 24.1 Å². The molecule has 6 nitrogen and oxygen atoms in total. The molecule has 0 amide bonds. The van der Waals surface area contributed by atoms with Crippen molar-refractivity contribution in [2.45, 2.75) is 6.36 Å². The maximum Gasteiger partial charge on any atom is 0.573 e. The van der Waals surface area contributed by atoms with Gasteiger partial charge >= 0.3 is 12.3 Å². The third-order valence-electron chi connectivity index (χ3n) is 5.50. The fraction of sp³-hybridized carbons (Fsp3) is 0.0741. The fourth-order valence-electron chi connectivity index (χ4n) is 3.68. The number of rotatable bonds is 7. The number of carboxylic acids is 1. The Balaban J connectivity index is 1.64. The zero-order valence-electron chi connectivity index (χ0n) is 19.2. The van der Waals surface area contributed by atoms with Crippen LogP contribution in [0, 0.1) is 0 Å². The van der Waals surface area contributed by atoms with Crippen molar-refractivity contribution in [2.75, 3.05) is 11.9 Å². The summed E-state index contributed by atoms with van der Waals surface area (Å²) in [6, 6.07) is 19.2. The lowest BCUT2D eigenvalue weighted by Gasteiger charge is -2.19. The number of ketones is 1. The van der Waals surface area contributed by atoms with Crippen LogP contribution in [0.25, 0.3) is 11.1 Å². The summed E-state index contributed by atoms with van der Waals surface area (Å²) in [6.45, 7) is 0. The highest BCUT2D eigenvalue weighted by atomic mass is 35.5. The number of para-hydroxylation sites is 1. The van der Waals surface area contributed by atoms with Crippen LogP contribution in [0.3, 0.4) is 0 Å². The minimum atomic E-state index is -4.96. The molecule has 0 fully saturated rings. The molecule has 0 atom stereocenters. The van der Waals surface area contributed by atoms with E-state index < -0.39 is 23.9 Å². The normalized spacial score (nSPS) is 11.2. The van der Waals surface area contributed by atoms with Crippen LogP contribution < -0.4 is 9.64 Å². The summed E-state index contributed by atoms with van der Waals surface area (Å²) in [5.41, 5.74) is 1.16. The van der Waals surface area contributed by atoms with Crippen LogP contribution in [0.4, 0.5) is 24.5 Å². The molecule has 0 bridgehead atoms. The first kappa shape index (κ1) is 25.7. The average molecular weight is 527 g/mol. The molecule has 0 saturated heterocycles. The lowest BCUT2D eigenvalue weighted by Crippen LogP contribution is -2.17. The molecule has 0 aliphatic rings. The van der Waals surface area contributed by atoms with Gasteiger partial charge in [-0.1, -0.05) is 41.9 Å². The molecule has 0 saturated carbocycles. The van der Waals surface area contributed by atoms with E-state index in [-0.39, 0.29) is 27.9 Å². The standard InChI is InChI=1S/C27H18ClF3N2O4/c1-33(18-9-7-17(28)8-10-18)19-11-13-23(32-15-19)25(34)16-6-12-20(22(14-16)26(35)36)21-4-2-3-5-24(21)37-27(29,30)31/h2-15H,1H3,(H,35,36). The van der Waals surface area contributed by atoms with Crippen molar-refractivity contribution in [3.8, 4) is 16.9 Å². The number of hydrogen-bond donors (Lipinski definition) is 1. The first-order chi connectivity index (χ1) is 17.5. The number of carbonyl (C=O) groups excluding carboxylic acids is 1. The number of benzene rings is 3. The fourth-order valence-corrected chi connectivity index (χ4v) is 3.81. The minimum absolute atomic E-state index is 0.0154. The van der Waals surface area contributed by atoms with Crippen molar-refractivity contribution >= 4 is 34.7 Å². The van der Waals surface area contributed by atoms with Gasteiger partial charge in [0.05, 0.1) is 17.4 Å². The summed E-state index contributed by atoms with van der Waals surface area (Å²) in [7, 11) is 1.82. The van der Waals surface area contributed by atoms with Crippen molar-refractivity contribution in [1.82, 2.24) is 4.98 Å². The lowest BCUT2D eigenvalue weighted by atomic mass is 9.95. The summed E-state index contributed by atoms with van der Waals surface area (Å²) < 4.78 is 42.6. The van der Waals surface area contributed by atoms with E-state index in [2.05, 4.69) is 9.72 Å². The molecule has 10 heteroatoms.